The molecular formula is C28H43N3O6S. The number of hydrogen-bond donors (Lipinski definition) is 1. The fourth-order valence-electron chi connectivity index (χ4n) is 6.78. The zero-order chi connectivity index (χ0) is 27.3. The van der Waals surface area contributed by atoms with Gasteiger partial charge in [0.15, 0.2) is 0 Å². The molecule has 2 bridgehead atoms. The Labute approximate surface area is 230 Å². The third-order valence-electron chi connectivity index (χ3n) is 8.59. The number of carbonyl (C=O) groups is 3. The van der Waals surface area contributed by atoms with Crippen molar-refractivity contribution in [3.63, 3.8) is 0 Å². The predicted molar refractivity (Wildman–Crippen MR) is 147 cm³/mol. The number of hydrogen-bond acceptors (Lipinski definition) is 8. The SMILES string of the molecule is C=CCCCCOC(=O)[C@@H]1[C@@H]2CC(C)C3(S2)C(C(=O)N(CC=C)CCN2CCOCC2)N(CCO)C(=O)[C@H]13. The molecule has 9 nitrogen and oxygen atoms in total. The van der Waals surface area contributed by atoms with Gasteiger partial charge in [-0.2, -0.15) is 0 Å². The van der Waals surface area contributed by atoms with E-state index in [1.165, 1.54) is 0 Å². The molecule has 0 aliphatic carbocycles. The number of thioether (sulfide) groups is 1. The zero-order valence-corrected chi connectivity index (χ0v) is 23.4. The lowest BCUT2D eigenvalue weighted by Crippen LogP contribution is -2.58. The monoisotopic (exact) mass is 549 g/mol. The molecule has 10 heteroatoms. The number of likely N-dealkylation sites (tertiary alicyclic amines) is 1. The number of morpholine rings is 1. The van der Waals surface area contributed by atoms with Gasteiger partial charge in [-0.05, 0) is 31.6 Å². The van der Waals surface area contributed by atoms with Crippen molar-refractivity contribution in [2.24, 2.45) is 17.8 Å². The van der Waals surface area contributed by atoms with Crippen LogP contribution in [0.5, 0.6) is 0 Å². The normalized spacial score (nSPS) is 32.3. The van der Waals surface area contributed by atoms with Crippen molar-refractivity contribution >= 4 is 29.5 Å². The molecule has 38 heavy (non-hydrogen) atoms. The average molecular weight is 550 g/mol. The van der Waals surface area contributed by atoms with Crippen LogP contribution in [-0.4, -0.2) is 119 Å². The molecule has 0 aromatic carbocycles. The third-order valence-corrected chi connectivity index (χ3v) is 10.7. The molecular weight excluding hydrogens is 506 g/mol. The highest BCUT2D eigenvalue weighted by Crippen LogP contribution is 2.68. The van der Waals surface area contributed by atoms with Gasteiger partial charge in [-0.15, -0.1) is 24.9 Å². The minimum Gasteiger partial charge on any atom is -0.465 e. The highest BCUT2D eigenvalue weighted by Gasteiger charge is 2.76. The Hall–Kier alpha value is -1.88. The minimum absolute atomic E-state index is 0.0487. The van der Waals surface area contributed by atoms with Gasteiger partial charge in [-0.25, -0.2) is 0 Å². The lowest BCUT2D eigenvalue weighted by molar-refractivity contribution is -0.154. The summed E-state index contributed by atoms with van der Waals surface area (Å²) in [5.41, 5.74) is 0. The number of rotatable bonds is 14. The van der Waals surface area contributed by atoms with Crippen LogP contribution in [-0.2, 0) is 23.9 Å². The Morgan fingerprint density at radius 3 is 2.68 bits per heavy atom. The van der Waals surface area contributed by atoms with Crippen molar-refractivity contribution in [3.05, 3.63) is 25.3 Å². The smallest absolute Gasteiger partial charge is 0.310 e. The van der Waals surface area contributed by atoms with Crippen molar-refractivity contribution in [2.75, 3.05) is 65.7 Å². The molecule has 4 rings (SSSR count). The van der Waals surface area contributed by atoms with Crippen LogP contribution in [0.3, 0.4) is 0 Å². The first-order valence-electron chi connectivity index (χ1n) is 14.0. The number of aliphatic hydroxyl groups excluding tert-OH is 1. The van der Waals surface area contributed by atoms with E-state index in [2.05, 4.69) is 25.0 Å². The predicted octanol–water partition coefficient (Wildman–Crippen LogP) is 1.56. The van der Waals surface area contributed by atoms with Gasteiger partial charge in [0, 0.05) is 44.5 Å². The summed E-state index contributed by atoms with van der Waals surface area (Å²) in [7, 11) is 0. The number of ether oxygens (including phenoxy) is 2. The summed E-state index contributed by atoms with van der Waals surface area (Å²) in [4.78, 5) is 47.1. The van der Waals surface area contributed by atoms with E-state index >= 15 is 0 Å². The topological polar surface area (TPSA) is 99.6 Å². The summed E-state index contributed by atoms with van der Waals surface area (Å²) in [6.45, 7) is 14.5. The molecule has 2 amide bonds. The highest BCUT2D eigenvalue weighted by molar-refractivity contribution is 8.02. The second-order valence-electron chi connectivity index (χ2n) is 10.8. The molecule has 212 valence electrons. The molecule has 0 aromatic rings. The molecule has 4 fully saturated rings. The molecule has 0 saturated carbocycles. The molecule has 0 aromatic heterocycles. The van der Waals surface area contributed by atoms with Crippen LogP contribution in [0.4, 0.5) is 0 Å². The summed E-state index contributed by atoms with van der Waals surface area (Å²) < 4.78 is 10.4. The highest BCUT2D eigenvalue weighted by atomic mass is 32.2. The van der Waals surface area contributed by atoms with Gasteiger partial charge in [-0.3, -0.25) is 19.3 Å². The van der Waals surface area contributed by atoms with Crippen molar-refractivity contribution < 1.29 is 29.0 Å². The molecule has 3 unspecified atom stereocenters. The Morgan fingerprint density at radius 2 is 2.00 bits per heavy atom. The Bertz CT molecular complexity index is 896. The second-order valence-corrected chi connectivity index (χ2v) is 12.3. The molecule has 4 heterocycles. The largest absolute Gasteiger partial charge is 0.465 e. The molecule has 4 aliphatic rings. The maximum absolute atomic E-state index is 14.3. The lowest BCUT2D eigenvalue weighted by Gasteiger charge is -2.40. The van der Waals surface area contributed by atoms with Gasteiger partial charge in [-0.1, -0.05) is 19.1 Å². The second kappa shape index (κ2) is 13.0. The van der Waals surface area contributed by atoms with Gasteiger partial charge in [0.25, 0.3) is 0 Å². The summed E-state index contributed by atoms with van der Waals surface area (Å²) in [5.74, 6) is -1.78. The number of fused-ring (bicyclic) bond motifs is 1. The van der Waals surface area contributed by atoms with E-state index in [0.717, 1.165) is 38.8 Å². The van der Waals surface area contributed by atoms with E-state index in [0.29, 0.717) is 39.5 Å². The van der Waals surface area contributed by atoms with Crippen LogP contribution in [0.1, 0.15) is 32.6 Å². The summed E-state index contributed by atoms with van der Waals surface area (Å²) in [5, 5.41) is 9.81. The van der Waals surface area contributed by atoms with Crippen molar-refractivity contribution in [1.29, 1.82) is 0 Å². The van der Waals surface area contributed by atoms with Crippen LogP contribution in [0, 0.1) is 17.8 Å². The van der Waals surface area contributed by atoms with E-state index in [9.17, 15) is 19.5 Å². The number of unbranched alkanes of at least 4 members (excludes halogenated alkanes) is 2. The van der Waals surface area contributed by atoms with Gasteiger partial charge < -0.3 is 24.4 Å². The van der Waals surface area contributed by atoms with Crippen LogP contribution in [0.25, 0.3) is 0 Å². The van der Waals surface area contributed by atoms with Crippen molar-refractivity contribution in [2.45, 2.75) is 48.6 Å². The number of β-amino-alcohol motifs (C(OH)–C–C–N with tert-alkyl or cyclic N) is 1. The number of aliphatic hydroxyl groups is 1. The van der Waals surface area contributed by atoms with Crippen LogP contribution in [0.2, 0.25) is 0 Å². The molecule has 4 saturated heterocycles. The first-order valence-corrected chi connectivity index (χ1v) is 14.8. The zero-order valence-electron chi connectivity index (χ0n) is 22.6. The third kappa shape index (κ3) is 5.42. The maximum Gasteiger partial charge on any atom is 0.310 e. The van der Waals surface area contributed by atoms with Crippen molar-refractivity contribution in [1.82, 2.24) is 14.7 Å². The Morgan fingerprint density at radius 1 is 1.24 bits per heavy atom. The molecule has 1 N–H and O–H groups in total. The first-order chi connectivity index (χ1) is 18.4. The number of esters is 1. The maximum atomic E-state index is 14.3. The van der Waals surface area contributed by atoms with E-state index in [4.69, 9.17) is 9.47 Å². The molecule has 0 radical (unpaired) electrons. The molecule has 4 aliphatic heterocycles. The van der Waals surface area contributed by atoms with Crippen molar-refractivity contribution in [3.8, 4) is 0 Å². The fraction of sp³-hybridized carbons (Fsp3) is 0.750. The first kappa shape index (κ1) is 29.1. The van der Waals surface area contributed by atoms with E-state index < -0.39 is 22.6 Å². The van der Waals surface area contributed by atoms with Crippen LogP contribution in [0.15, 0.2) is 25.3 Å². The fourth-order valence-corrected chi connectivity index (χ4v) is 9.19. The lowest BCUT2D eigenvalue weighted by atomic mass is 9.66. The van der Waals surface area contributed by atoms with E-state index in [1.807, 2.05) is 6.08 Å². The number of amides is 2. The average Bonchev–Trinajstić information content (AvgIpc) is 3.50. The van der Waals surface area contributed by atoms with E-state index in [-0.39, 0.29) is 42.1 Å². The van der Waals surface area contributed by atoms with Gasteiger partial charge in [0.1, 0.15) is 6.04 Å². The number of carbonyl (C=O) groups excluding carboxylic acids is 3. The van der Waals surface area contributed by atoms with Gasteiger partial charge in [0.2, 0.25) is 11.8 Å². The summed E-state index contributed by atoms with van der Waals surface area (Å²) in [6.07, 6.45) is 6.84. The number of nitrogens with zero attached hydrogens (tertiary/aromatic N) is 3. The standard InChI is InChI=1S/C28H43N3O6S/c1-4-6-7-8-16-37-27(35)22-21-19-20(3)28(38-21)23(22)25(33)31(12-15-32)24(28)26(34)30(9-5-2)11-10-29-13-17-36-18-14-29/h4-5,20-24,32H,1-2,6-19H2,3H3/t20?,21-,22+,23-,24?,28?/m0/s1. The minimum atomic E-state index is -0.729. The van der Waals surface area contributed by atoms with Crippen LogP contribution < -0.4 is 0 Å². The summed E-state index contributed by atoms with van der Waals surface area (Å²) >= 11 is 1.63. The molecule has 6 atom stereocenters. The summed E-state index contributed by atoms with van der Waals surface area (Å²) in [6, 6.07) is -0.729. The van der Waals surface area contributed by atoms with Gasteiger partial charge in [0.05, 0.1) is 43.0 Å². The Balaban J connectivity index is 1.56. The Kier molecular flexibility index (Phi) is 9.95. The van der Waals surface area contributed by atoms with Gasteiger partial charge >= 0.3 is 5.97 Å². The van der Waals surface area contributed by atoms with E-state index in [1.54, 1.807) is 27.6 Å². The molecule has 1 spiro atoms. The number of allylic oxidation sites excluding steroid dienone is 1. The van der Waals surface area contributed by atoms with Crippen LogP contribution >= 0.6 is 11.8 Å². The quantitative estimate of drug-likeness (QED) is 0.198.